The fourth-order valence-electron chi connectivity index (χ4n) is 2.68. The maximum absolute atomic E-state index is 12.2. The third-order valence-corrected chi connectivity index (χ3v) is 5.53. The summed E-state index contributed by atoms with van der Waals surface area (Å²) in [5.41, 5.74) is 6.00. The van der Waals surface area contributed by atoms with E-state index < -0.39 is 0 Å². The number of carbonyl (C=O) groups is 1. The molecule has 0 aliphatic heterocycles. The van der Waals surface area contributed by atoms with Crippen molar-refractivity contribution in [2.45, 2.75) is 39.5 Å². The van der Waals surface area contributed by atoms with E-state index in [0.717, 1.165) is 16.3 Å². The number of nitrogens with one attached hydrogen (secondary N) is 1. The second-order valence-electron chi connectivity index (χ2n) is 6.17. The van der Waals surface area contributed by atoms with Crippen molar-refractivity contribution < 1.29 is 4.79 Å². The first kappa shape index (κ1) is 18.9. The standard InChI is InChI=1S/C20H24ClNOS/c1-13-9-15(3)18(10-14(13)2)16(4)22-20(23)12-24-11-17-7-5-6-8-19(17)21/h5-10,16H,11-12H2,1-4H3,(H,22,23). The molecule has 1 atom stereocenters. The molecule has 2 aromatic carbocycles. The average Bonchev–Trinajstić information content (AvgIpc) is 2.52. The van der Waals surface area contributed by atoms with Gasteiger partial charge in [0, 0.05) is 10.8 Å². The first-order chi connectivity index (χ1) is 11.4. The smallest absolute Gasteiger partial charge is 0.230 e. The molecule has 0 spiro atoms. The Bertz CT molecular complexity index is 730. The maximum atomic E-state index is 12.2. The average molecular weight is 362 g/mol. The minimum atomic E-state index is 0.0118. The monoisotopic (exact) mass is 361 g/mol. The largest absolute Gasteiger partial charge is 0.349 e. The third kappa shape index (κ3) is 5.02. The van der Waals surface area contributed by atoms with Crippen LogP contribution in [0.4, 0.5) is 0 Å². The molecule has 4 heteroatoms. The van der Waals surface area contributed by atoms with Gasteiger partial charge in [-0.1, -0.05) is 41.9 Å². The molecule has 2 aromatic rings. The Balaban J connectivity index is 1.88. The molecule has 1 N–H and O–H groups in total. The zero-order valence-electron chi connectivity index (χ0n) is 14.7. The normalized spacial score (nSPS) is 12.0. The Morgan fingerprint density at radius 1 is 1.12 bits per heavy atom. The fourth-order valence-corrected chi connectivity index (χ4v) is 3.80. The van der Waals surface area contributed by atoms with Crippen LogP contribution >= 0.6 is 23.4 Å². The van der Waals surface area contributed by atoms with Gasteiger partial charge in [0.05, 0.1) is 11.8 Å². The van der Waals surface area contributed by atoms with E-state index in [1.807, 2.05) is 31.2 Å². The van der Waals surface area contributed by atoms with Gasteiger partial charge in [-0.2, -0.15) is 0 Å². The SMILES string of the molecule is Cc1cc(C)c(C(C)NC(=O)CSCc2ccccc2Cl)cc1C. The molecule has 24 heavy (non-hydrogen) atoms. The zero-order valence-corrected chi connectivity index (χ0v) is 16.2. The quantitative estimate of drug-likeness (QED) is 0.748. The number of benzene rings is 2. The van der Waals surface area contributed by atoms with Crippen LogP contribution in [0, 0.1) is 20.8 Å². The molecule has 1 amide bonds. The lowest BCUT2D eigenvalue weighted by atomic mass is 9.96. The van der Waals surface area contributed by atoms with Crippen LogP contribution in [0.2, 0.25) is 5.02 Å². The van der Waals surface area contributed by atoms with Crippen LogP contribution in [0.3, 0.4) is 0 Å². The zero-order chi connectivity index (χ0) is 17.7. The number of thioether (sulfide) groups is 1. The summed E-state index contributed by atoms with van der Waals surface area (Å²) in [6.07, 6.45) is 0. The Kier molecular flexibility index (Phi) is 6.76. The summed E-state index contributed by atoms with van der Waals surface area (Å²) >= 11 is 7.71. The van der Waals surface area contributed by atoms with Crippen LogP contribution in [0.25, 0.3) is 0 Å². The Morgan fingerprint density at radius 3 is 2.50 bits per heavy atom. The summed E-state index contributed by atoms with van der Waals surface area (Å²) < 4.78 is 0. The highest BCUT2D eigenvalue weighted by atomic mass is 35.5. The Labute approximate surface area is 154 Å². The molecule has 0 aliphatic rings. The van der Waals surface area contributed by atoms with E-state index in [-0.39, 0.29) is 11.9 Å². The number of rotatable bonds is 6. The van der Waals surface area contributed by atoms with Gasteiger partial charge in [-0.3, -0.25) is 4.79 Å². The summed E-state index contributed by atoms with van der Waals surface area (Å²) in [6.45, 7) is 8.34. The minimum absolute atomic E-state index is 0.0118. The fraction of sp³-hybridized carbons (Fsp3) is 0.350. The van der Waals surface area contributed by atoms with E-state index in [2.05, 4.69) is 38.2 Å². The molecule has 2 nitrogen and oxygen atoms in total. The summed E-state index contributed by atoms with van der Waals surface area (Å²) in [4.78, 5) is 12.2. The number of hydrogen-bond acceptors (Lipinski definition) is 2. The van der Waals surface area contributed by atoms with E-state index in [4.69, 9.17) is 11.6 Å². The Morgan fingerprint density at radius 2 is 1.79 bits per heavy atom. The molecule has 128 valence electrons. The van der Waals surface area contributed by atoms with Gasteiger partial charge in [0.1, 0.15) is 0 Å². The van der Waals surface area contributed by atoms with Crippen molar-refractivity contribution in [1.29, 1.82) is 0 Å². The number of carbonyl (C=O) groups excluding carboxylic acids is 1. The number of halogens is 1. The number of aryl methyl sites for hydroxylation is 3. The number of amides is 1. The van der Waals surface area contributed by atoms with Gasteiger partial charge in [0.15, 0.2) is 0 Å². The van der Waals surface area contributed by atoms with Crippen LogP contribution in [0.15, 0.2) is 36.4 Å². The minimum Gasteiger partial charge on any atom is -0.349 e. The lowest BCUT2D eigenvalue weighted by molar-refractivity contribution is -0.119. The lowest BCUT2D eigenvalue weighted by Crippen LogP contribution is -2.28. The topological polar surface area (TPSA) is 29.1 Å². The molecule has 0 saturated heterocycles. The lowest BCUT2D eigenvalue weighted by Gasteiger charge is -2.18. The second kappa shape index (κ2) is 8.59. The maximum Gasteiger partial charge on any atom is 0.230 e. The van der Waals surface area contributed by atoms with Crippen molar-refractivity contribution in [2.24, 2.45) is 0 Å². The van der Waals surface area contributed by atoms with Gasteiger partial charge < -0.3 is 5.32 Å². The molecular formula is C20H24ClNOS. The highest BCUT2D eigenvalue weighted by Crippen LogP contribution is 2.23. The predicted molar refractivity (Wildman–Crippen MR) is 105 cm³/mol. The van der Waals surface area contributed by atoms with E-state index in [0.29, 0.717) is 5.75 Å². The van der Waals surface area contributed by atoms with Crippen molar-refractivity contribution >= 4 is 29.3 Å². The van der Waals surface area contributed by atoms with Crippen molar-refractivity contribution in [3.05, 3.63) is 69.2 Å². The molecule has 0 radical (unpaired) electrons. The van der Waals surface area contributed by atoms with Gasteiger partial charge in [0.25, 0.3) is 0 Å². The van der Waals surface area contributed by atoms with Gasteiger partial charge in [0.2, 0.25) is 5.91 Å². The molecule has 0 saturated carbocycles. The van der Waals surface area contributed by atoms with E-state index >= 15 is 0 Å². The molecule has 0 aliphatic carbocycles. The van der Waals surface area contributed by atoms with Gasteiger partial charge >= 0.3 is 0 Å². The van der Waals surface area contributed by atoms with Crippen LogP contribution in [0.1, 0.15) is 40.8 Å². The first-order valence-corrected chi connectivity index (χ1v) is 9.60. The van der Waals surface area contributed by atoms with Crippen LogP contribution in [-0.2, 0) is 10.5 Å². The van der Waals surface area contributed by atoms with Crippen molar-refractivity contribution in [1.82, 2.24) is 5.32 Å². The molecule has 0 aromatic heterocycles. The molecule has 2 rings (SSSR count). The van der Waals surface area contributed by atoms with Crippen LogP contribution in [0.5, 0.6) is 0 Å². The second-order valence-corrected chi connectivity index (χ2v) is 7.56. The molecule has 1 unspecified atom stereocenters. The molecule has 0 heterocycles. The van der Waals surface area contributed by atoms with Crippen LogP contribution < -0.4 is 5.32 Å². The predicted octanol–water partition coefficient (Wildman–Crippen LogP) is 5.38. The van der Waals surface area contributed by atoms with E-state index in [1.54, 1.807) is 11.8 Å². The third-order valence-electron chi connectivity index (χ3n) is 4.17. The summed E-state index contributed by atoms with van der Waals surface area (Å²) in [6, 6.07) is 12.1. The van der Waals surface area contributed by atoms with Gasteiger partial charge in [-0.05, 0) is 61.6 Å². The van der Waals surface area contributed by atoms with Crippen molar-refractivity contribution in [3.63, 3.8) is 0 Å². The number of hydrogen-bond donors (Lipinski definition) is 1. The Hall–Kier alpha value is -1.45. The van der Waals surface area contributed by atoms with Crippen molar-refractivity contribution in [2.75, 3.05) is 5.75 Å². The molecule has 0 bridgehead atoms. The first-order valence-electron chi connectivity index (χ1n) is 8.06. The molecule has 0 fully saturated rings. The van der Waals surface area contributed by atoms with E-state index in [1.165, 1.54) is 22.3 Å². The highest BCUT2D eigenvalue weighted by Gasteiger charge is 2.13. The summed E-state index contributed by atoms with van der Waals surface area (Å²) in [5, 5.41) is 3.85. The summed E-state index contributed by atoms with van der Waals surface area (Å²) in [7, 11) is 0. The van der Waals surface area contributed by atoms with E-state index in [9.17, 15) is 4.79 Å². The summed E-state index contributed by atoms with van der Waals surface area (Å²) in [5.74, 6) is 1.22. The van der Waals surface area contributed by atoms with Crippen molar-refractivity contribution in [3.8, 4) is 0 Å². The van der Waals surface area contributed by atoms with Gasteiger partial charge in [-0.25, -0.2) is 0 Å². The highest BCUT2D eigenvalue weighted by molar-refractivity contribution is 7.99. The van der Waals surface area contributed by atoms with Crippen LogP contribution in [-0.4, -0.2) is 11.7 Å². The van der Waals surface area contributed by atoms with Gasteiger partial charge in [-0.15, -0.1) is 11.8 Å². The molecular weight excluding hydrogens is 338 g/mol.